The summed E-state index contributed by atoms with van der Waals surface area (Å²) in [6, 6.07) is 5.86. The number of ether oxygens (including phenoxy) is 1. The number of aromatic nitrogens is 4. The average molecular weight is 348 g/mol. The van der Waals surface area contributed by atoms with Gasteiger partial charge in [0.05, 0.1) is 6.33 Å². The minimum absolute atomic E-state index is 0.453. The van der Waals surface area contributed by atoms with Crippen LogP contribution in [0.1, 0.15) is 12.5 Å². The van der Waals surface area contributed by atoms with E-state index in [2.05, 4.69) is 41.2 Å². The van der Waals surface area contributed by atoms with E-state index in [1.807, 2.05) is 32.0 Å². The summed E-state index contributed by atoms with van der Waals surface area (Å²) >= 11 is 3.45. The molecule has 0 aliphatic carbocycles. The summed E-state index contributed by atoms with van der Waals surface area (Å²) in [7, 11) is 0. The Morgan fingerprint density at radius 3 is 3.00 bits per heavy atom. The molecule has 0 atom stereocenters. The van der Waals surface area contributed by atoms with Crippen molar-refractivity contribution in [3.05, 3.63) is 34.6 Å². The van der Waals surface area contributed by atoms with Crippen molar-refractivity contribution >= 4 is 33.0 Å². The zero-order chi connectivity index (χ0) is 14.8. The highest BCUT2D eigenvalue weighted by atomic mass is 79.9. The normalized spacial score (nSPS) is 10.8. The predicted octanol–water partition coefficient (Wildman–Crippen LogP) is 3.65. The van der Waals surface area contributed by atoms with Gasteiger partial charge in [0.15, 0.2) is 5.65 Å². The molecule has 0 aliphatic rings. The molecule has 3 aromatic rings. The number of rotatable bonds is 4. The first kappa shape index (κ1) is 13.8. The van der Waals surface area contributed by atoms with Crippen LogP contribution in [0.25, 0.3) is 11.2 Å². The number of benzene rings is 1. The van der Waals surface area contributed by atoms with E-state index in [1.54, 1.807) is 6.33 Å². The highest BCUT2D eigenvalue weighted by Crippen LogP contribution is 2.30. The van der Waals surface area contributed by atoms with Crippen LogP contribution in [-0.2, 0) is 0 Å². The number of halogens is 1. The number of nitrogens with one attached hydrogen (secondary N) is 2. The van der Waals surface area contributed by atoms with Crippen LogP contribution < -0.4 is 10.1 Å². The quantitative estimate of drug-likeness (QED) is 0.753. The summed E-state index contributed by atoms with van der Waals surface area (Å²) in [6.07, 6.45) is 1.58. The van der Waals surface area contributed by atoms with E-state index in [-0.39, 0.29) is 0 Å². The Kier molecular flexibility index (Phi) is 3.74. The maximum atomic E-state index is 5.96. The third-order valence-electron chi connectivity index (χ3n) is 2.94. The Bertz CT molecular complexity index is 786. The first-order valence-corrected chi connectivity index (χ1v) is 7.35. The molecule has 0 aliphatic heterocycles. The molecule has 2 aromatic heterocycles. The predicted molar refractivity (Wildman–Crippen MR) is 84.8 cm³/mol. The summed E-state index contributed by atoms with van der Waals surface area (Å²) in [5.74, 6) is 1.69. The monoisotopic (exact) mass is 347 g/mol. The van der Waals surface area contributed by atoms with Gasteiger partial charge in [-0.05, 0) is 31.5 Å². The number of hydrogen-bond acceptors (Lipinski definition) is 5. The summed E-state index contributed by atoms with van der Waals surface area (Å²) in [6.45, 7) is 4.70. The molecule has 108 valence electrons. The number of aryl methyl sites for hydroxylation is 1. The van der Waals surface area contributed by atoms with E-state index in [1.165, 1.54) is 0 Å². The van der Waals surface area contributed by atoms with Crippen LogP contribution in [0.3, 0.4) is 0 Å². The molecule has 3 rings (SSSR count). The second-order valence-corrected chi connectivity index (χ2v) is 5.41. The van der Waals surface area contributed by atoms with Gasteiger partial charge in [0.2, 0.25) is 5.95 Å². The van der Waals surface area contributed by atoms with Crippen LogP contribution in [0.15, 0.2) is 29.0 Å². The number of hydrogen-bond donors (Lipinski definition) is 2. The Labute approximate surface area is 130 Å². The van der Waals surface area contributed by atoms with Gasteiger partial charge in [0, 0.05) is 11.0 Å². The van der Waals surface area contributed by atoms with E-state index < -0.39 is 0 Å². The van der Waals surface area contributed by atoms with E-state index in [0.29, 0.717) is 23.0 Å². The number of anilines is 1. The Morgan fingerprint density at radius 1 is 1.33 bits per heavy atom. The molecule has 6 nitrogen and oxygen atoms in total. The maximum Gasteiger partial charge on any atom is 0.250 e. The smallest absolute Gasteiger partial charge is 0.250 e. The van der Waals surface area contributed by atoms with Gasteiger partial charge in [-0.1, -0.05) is 22.0 Å². The minimum atomic E-state index is 0.453. The van der Waals surface area contributed by atoms with Gasteiger partial charge in [-0.25, -0.2) is 4.98 Å². The van der Waals surface area contributed by atoms with E-state index in [0.717, 1.165) is 22.3 Å². The van der Waals surface area contributed by atoms with E-state index in [9.17, 15) is 0 Å². The summed E-state index contributed by atoms with van der Waals surface area (Å²) in [4.78, 5) is 15.9. The Hall–Kier alpha value is -2.15. The maximum absolute atomic E-state index is 5.96. The first-order valence-electron chi connectivity index (χ1n) is 6.56. The number of nitrogens with zero attached hydrogens (tertiary/aromatic N) is 3. The molecule has 0 spiro atoms. The minimum Gasteiger partial charge on any atom is -0.437 e. The lowest BCUT2D eigenvalue weighted by Crippen LogP contribution is -2.03. The zero-order valence-electron chi connectivity index (χ0n) is 11.6. The van der Waals surface area contributed by atoms with Gasteiger partial charge in [0.1, 0.15) is 11.3 Å². The van der Waals surface area contributed by atoms with E-state index >= 15 is 0 Å². The van der Waals surface area contributed by atoms with Gasteiger partial charge < -0.3 is 15.0 Å². The van der Waals surface area contributed by atoms with Crippen LogP contribution in [0.5, 0.6) is 11.6 Å². The largest absolute Gasteiger partial charge is 0.437 e. The van der Waals surface area contributed by atoms with Crippen LogP contribution in [0.4, 0.5) is 5.95 Å². The van der Waals surface area contributed by atoms with Crippen molar-refractivity contribution in [1.82, 2.24) is 19.9 Å². The molecule has 0 saturated heterocycles. The van der Waals surface area contributed by atoms with Crippen LogP contribution >= 0.6 is 15.9 Å². The Balaban J connectivity index is 2.06. The molecule has 0 bridgehead atoms. The molecule has 21 heavy (non-hydrogen) atoms. The highest BCUT2D eigenvalue weighted by molar-refractivity contribution is 9.10. The van der Waals surface area contributed by atoms with Crippen molar-refractivity contribution in [2.45, 2.75) is 13.8 Å². The van der Waals surface area contributed by atoms with Crippen molar-refractivity contribution in [2.24, 2.45) is 0 Å². The summed E-state index contributed by atoms with van der Waals surface area (Å²) < 4.78 is 6.91. The molecule has 0 fully saturated rings. The second kappa shape index (κ2) is 5.69. The third-order valence-corrected chi connectivity index (χ3v) is 3.44. The molecular formula is C14H14BrN5O. The molecule has 0 amide bonds. The van der Waals surface area contributed by atoms with E-state index in [4.69, 9.17) is 4.74 Å². The van der Waals surface area contributed by atoms with Gasteiger partial charge in [-0.3, -0.25) is 0 Å². The number of fused-ring (bicyclic) bond motifs is 1. The Morgan fingerprint density at radius 2 is 2.19 bits per heavy atom. The van der Waals surface area contributed by atoms with Gasteiger partial charge in [0.25, 0.3) is 5.88 Å². The zero-order valence-corrected chi connectivity index (χ0v) is 13.2. The number of imidazole rings is 1. The standard InChI is InChI=1S/C14H14BrN5O/c1-3-16-14-19-12-11(17-7-18-12)13(20-14)21-10-6-9(15)5-4-8(10)2/h4-7H,3H2,1-2H3,(H2,16,17,18,19,20). The average Bonchev–Trinajstić information content (AvgIpc) is 2.92. The van der Waals surface area contributed by atoms with Crippen molar-refractivity contribution in [2.75, 3.05) is 11.9 Å². The van der Waals surface area contributed by atoms with Gasteiger partial charge in [-0.2, -0.15) is 9.97 Å². The van der Waals surface area contributed by atoms with Crippen molar-refractivity contribution in [3.8, 4) is 11.6 Å². The second-order valence-electron chi connectivity index (χ2n) is 4.50. The topological polar surface area (TPSA) is 75.7 Å². The van der Waals surface area contributed by atoms with Crippen molar-refractivity contribution < 1.29 is 4.74 Å². The molecule has 0 unspecified atom stereocenters. The SMILES string of the molecule is CCNc1nc(Oc2cc(Br)ccc2C)c2[nH]cnc2n1. The lowest BCUT2D eigenvalue weighted by atomic mass is 10.2. The first-order chi connectivity index (χ1) is 10.2. The fraction of sp³-hybridized carbons (Fsp3) is 0.214. The third kappa shape index (κ3) is 2.82. The van der Waals surface area contributed by atoms with Crippen molar-refractivity contribution in [1.29, 1.82) is 0 Å². The summed E-state index contributed by atoms with van der Waals surface area (Å²) in [5.41, 5.74) is 2.27. The molecule has 0 radical (unpaired) electrons. The molecular weight excluding hydrogens is 334 g/mol. The molecule has 1 aromatic carbocycles. The number of aromatic amines is 1. The molecule has 2 N–H and O–H groups in total. The van der Waals surface area contributed by atoms with Gasteiger partial charge in [-0.15, -0.1) is 0 Å². The summed E-state index contributed by atoms with van der Waals surface area (Å²) in [5, 5.41) is 3.08. The fourth-order valence-corrected chi connectivity index (χ4v) is 2.25. The van der Waals surface area contributed by atoms with Crippen LogP contribution in [0, 0.1) is 6.92 Å². The van der Waals surface area contributed by atoms with Crippen LogP contribution in [-0.4, -0.2) is 26.5 Å². The number of H-pyrrole nitrogens is 1. The lowest BCUT2D eigenvalue weighted by Gasteiger charge is -2.10. The highest BCUT2D eigenvalue weighted by Gasteiger charge is 2.13. The van der Waals surface area contributed by atoms with Crippen LogP contribution in [0.2, 0.25) is 0 Å². The molecule has 2 heterocycles. The molecule has 0 saturated carbocycles. The fourth-order valence-electron chi connectivity index (χ4n) is 1.91. The molecule has 7 heteroatoms. The van der Waals surface area contributed by atoms with Gasteiger partial charge >= 0.3 is 0 Å². The lowest BCUT2D eigenvalue weighted by molar-refractivity contribution is 0.464. The van der Waals surface area contributed by atoms with Crippen molar-refractivity contribution in [3.63, 3.8) is 0 Å².